The molecule has 1 N–H and O–H groups in total. The van der Waals surface area contributed by atoms with Crippen LogP contribution in [0.15, 0.2) is 0 Å². The summed E-state index contributed by atoms with van der Waals surface area (Å²) in [5.41, 5.74) is -0.985. The lowest BCUT2D eigenvalue weighted by Crippen LogP contribution is -2.44. The fraction of sp³-hybridized carbons (Fsp3) is 0.929. The maximum Gasteiger partial charge on any atom is 0.0863 e. The molecule has 0 aromatic carbocycles. The van der Waals surface area contributed by atoms with Crippen LogP contribution in [-0.2, 0) is 0 Å². The van der Waals surface area contributed by atoms with E-state index in [-0.39, 0.29) is 5.41 Å². The van der Waals surface area contributed by atoms with E-state index in [0.29, 0.717) is 5.92 Å². The van der Waals surface area contributed by atoms with Gasteiger partial charge in [0, 0.05) is 0 Å². The fourth-order valence-electron chi connectivity index (χ4n) is 3.84. The van der Waals surface area contributed by atoms with Crippen LogP contribution in [0.5, 0.6) is 0 Å². The van der Waals surface area contributed by atoms with Crippen LogP contribution in [0.2, 0.25) is 0 Å². The highest BCUT2D eigenvalue weighted by Gasteiger charge is 2.58. The van der Waals surface area contributed by atoms with E-state index in [1.807, 2.05) is 0 Å². The lowest BCUT2D eigenvalue weighted by molar-refractivity contribution is -0.0553. The van der Waals surface area contributed by atoms with E-state index in [4.69, 9.17) is 0 Å². The lowest BCUT2D eigenvalue weighted by Gasteiger charge is -2.38. The number of rotatable bonds is 1. The zero-order valence-corrected chi connectivity index (χ0v) is 10.7. The van der Waals surface area contributed by atoms with Crippen molar-refractivity contribution in [2.45, 2.75) is 64.9 Å². The van der Waals surface area contributed by atoms with Gasteiger partial charge in [-0.15, -0.1) is 0 Å². The van der Waals surface area contributed by atoms with Gasteiger partial charge in [0.1, 0.15) is 0 Å². The monoisotopic (exact) mass is 221 g/mol. The summed E-state index contributed by atoms with van der Waals surface area (Å²) in [6.07, 6.45) is 5.51. The van der Waals surface area contributed by atoms with E-state index in [1.165, 1.54) is 0 Å². The number of aliphatic hydroxyl groups is 1. The quantitative estimate of drug-likeness (QED) is 0.738. The molecule has 2 rings (SSSR count). The Hall–Kier alpha value is -0.550. The molecule has 0 radical (unpaired) electrons. The normalized spacial score (nSPS) is 46.8. The first-order valence-electron chi connectivity index (χ1n) is 6.46. The van der Waals surface area contributed by atoms with Gasteiger partial charge in [-0.1, -0.05) is 20.8 Å². The van der Waals surface area contributed by atoms with Gasteiger partial charge in [-0.25, -0.2) is 0 Å². The summed E-state index contributed by atoms with van der Waals surface area (Å²) >= 11 is 0. The van der Waals surface area contributed by atoms with Crippen molar-refractivity contribution < 1.29 is 5.11 Å². The summed E-state index contributed by atoms with van der Waals surface area (Å²) in [7, 11) is 0. The Morgan fingerprint density at radius 2 is 1.94 bits per heavy atom. The first-order chi connectivity index (χ1) is 7.33. The van der Waals surface area contributed by atoms with Crippen molar-refractivity contribution in [3.8, 4) is 6.07 Å². The van der Waals surface area contributed by atoms with Gasteiger partial charge in [-0.2, -0.15) is 5.26 Å². The molecule has 90 valence electrons. The van der Waals surface area contributed by atoms with Gasteiger partial charge in [0.05, 0.1) is 17.1 Å². The molecule has 0 saturated heterocycles. The molecule has 0 aromatic rings. The van der Waals surface area contributed by atoms with E-state index in [2.05, 4.69) is 26.8 Å². The van der Waals surface area contributed by atoms with Crippen LogP contribution >= 0.6 is 0 Å². The summed E-state index contributed by atoms with van der Waals surface area (Å²) in [5.74, 6) is 0.590. The molecular formula is C14H23NO. The summed E-state index contributed by atoms with van der Waals surface area (Å²) in [6.45, 7) is 6.60. The highest BCUT2D eigenvalue weighted by molar-refractivity contribution is 5.17. The zero-order valence-electron chi connectivity index (χ0n) is 10.7. The summed E-state index contributed by atoms with van der Waals surface area (Å²) in [5, 5.41) is 20.4. The van der Waals surface area contributed by atoms with Crippen molar-refractivity contribution in [1.29, 1.82) is 5.26 Å². The second kappa shape index (κ2) is 3.47. The smallest absolute Gasteiger partial charge is 0.0863 e. The average molecular weight is 221 g/mol. The van der Waals surface area contributed by atoms with Crippen molar-refractivity contribution in [3.05, 3.63) is 0 Å². The van der Waals surface area contributed by atoms with Gasteiger partial charge in [0.2, 0.25) is 0 Å². The standard InChI is InChI=1S/C14H23NO/c1-11-4-5-13(8-11,10-15)14(16)7-6-12(2,3)9-14/h11,16H,4-9H2,1-3H3. The number of hydrogen-bond donors (Lipinski definition) is 1. The van der Waals surface area contributed by atoms with Crippen LogP contribution in [0.3, 0.4) is 0 Å². The number of nitriles is 1. The summed E-state index contributed by atoms with van der Waals surface area (Å²) in [4.78, 5) is 0. The molecule has 3 atom stereocenters. The minimum Gasteiger partial charge on any atom is -0.388 e. The minimum atomic E-state index is -0.726. The predicted octanol–water partition coefficient (Wildman–Crippen LogP) is 3.26. The van der Waals surface area contributed by atoms with Crippen LogP contribution in [-0.4, -0.2) is 10.7 Å². The molecule has 2 heteroatoms. The Morgan fingerprint density at radius 1 is 1.25 bits per heavy atom. The third-order valence-corrected chi connectivity index (χ3v) is 4.85. The first kappa shape index (κ1) is 11.9. The molecule has 2 saturated carbocycles. The Bertz CT molecular complexity index is 330. The van der Waals surface area contributed by atoms with E-state index in [1.54, 1.807) is 0 Å². The predicted molar refractivity (Wildman–Crippen MR) is 63.6 cm³/mol. The average Bonchev–Trinajstić information content (AvgIpc) is 2.70. The van der Waals surface area contributed by atoms with Crippen molar-refractivity contribution in [2.24, 2.45) is 16.7 Å². The van der Waals surface area contributed by atoms with Crippen molar-refractivity contribution in [1.82, 2.24) is 0 Å². The largest absolute Gasteiger partial charge is 0.388 e. The van der Waals surface area contributed by atoms with Gasteiger partial charge < -0.3 is 5.11 Å². The Kier molecular flexibility index (Phi) is 2.58. The maximum atomic E-state index is 10.9. The molecule has 2 fully saturated rings. The molecule has 0 heterocycles. The van der Waals surface area contributed by atoms with E-state index in [0.717, 1.165) is 38.5 Å². The molecular weight excluding hydrogens is 198 g/mol. The molecule has 0 bridgehead atoms. The summed E-state index contributed by atoms with van der Waals surface area (Å²) in [6, 6.07) is 2.48. The molecule has 16 heavy (non-hydrogen) atoms. The Balaban J connectivity index is 2.27. The highest BCUT2D eigenvalue weighted by atomic mass is 16.3. The molecule has 0 amide bonds. The Labute approximate surface area is 98.7 Å². The van der Waals surface area contributed by atoms with Crippen LogP contribution in [0, 0.1) is 28.1 Å². The fourth-order valence-corrected chi connectivity index (χ4v) is 3.84. The first-order valence-corrected chi connectivity index (χ1v) is 6.46. The molecule has 2 aliphatic rings. The molecule has 2 nitrogen and oxygen atoms in total. The van der Waals surface area contributed by atoms with Gasteiger partial charge in [-0.05, 0) is 49.9 Å². The molecule has 2 aliphatic carbocycles. The van der Waals surface area contributed by atoms with Gasteiger partial charge in [-0.3, -0.25) is 0 Å². The molecule has 0 aliphatic heterocycles. The lowest BCUT2D eigenvalue weighted by atomic mass is 9.68. The van der Waals surface area contributed by atoms with Crippen LogP contribution in [0.4, 0.5) is 0 Å². The second-order valence-electron chi connectivity index (χ2n) is 6.91. The van der Waals surface area contributed by atoms with Crippen LogP contribution < -0.4 is 0 Å². The van der Waals surface area contributed by atoms with E-state index >= 15 is 0 Å². The molecule has 0 spiro atoms. The van der Waals surface area contributed by atoms with Crippen molar-refractivity contribution in [2.75, 3.05) is 0 Å². The minimum absolute atomic E-state index is 0.199. The van der Waals surface area contributed by atoms with Gasteiger partial charge in [0.25, 0.3) is 0 Å². The van der Waals surface area contributed by atoms with E-state index < -0.39 is 11.0 Å². The number of hydrogen-bond acceptors (Lipinski definition) is 2. The molecule has 0 aromatic heterocycles. The van der Waals surface area contributed by atoms with Crippen LogP contribution in [0.25, 0.3) is 0 Å². The third kappa shape index (κ3) is 1.66. The van der Waals surface area contributed by atoms with Gasteiger partial charge in [0.15, 0.2) is 0 Å². The maximum absolute atomic E-state index is 10.9. The SMILES string of the molecule is CC1CCC(C#N)(C2(O)CCC(C)(C)C2)C1. The Morgan fingerprint density at radius 3 is 2.31 bits per heavy atom. The topological polar surface area (TPSA) is 44.0 Å². The van der Waals surface area contributed by atoms with Crippen molar-refractivity contribution in [3.63, 3.8) is 0 Å². The van der Waals surface area contributed by atoms with Crippen LogP contribution in [0.1, 0.15) is 59.3 Å². The molecule has 3 unspecified atom stereocenters. The third-order valence-electron chi connectivity index (χ3n) is 4.85. The number of nitrogens with zero attached hydrogens (tertiary/aromatic N) is 1. The zero-order chi connectivity index (χ0) is 12.0. The van der Waals surface area contributed by atoms with E-state index in [9.17, 15) is 10.4 Å². The summed E-state index contributed by atoms with van der Waals surface area (Å²) < 4.78 is 0. The van der Waals surface area contributed by atoms with Crippen molar-refractivity contribution >= 4 is 0 Å². The van der Waals surface area contributed by atoms with Gasteiger partial charge >= 0.3 is 0 Å². The second-order valence-corrected chi connectivity index (χ2v) is 6.91. The highest BCUT2D eigenvalue weighted by Crippen LogP contribution is 2.58.